The molecule has 16 heteroatoms. The quantitative estimate of drug-likeness (QED) is 0.0572. The van der Waals surface area contributed by atoms with Crippen LogP contribution in [0.25, 0.3) is 0 Å². The van der Waals surface area contributed by atoms with Crippen molar-refractivity contribution in [2.75, 3.05) is 44.8 Å². The number of nitrogens with zero attached hydrogens (tertiary/aromatic N) is 3. The highest BCUT2D eigenvalue weighted by atomic mass is 16.5. The van der Waals surface area contributed by atoms with Gasteiger partial charge in [0, 0.05) is 73.3 Å². The fraction of sp³-hybridized carbons (Fsp3) is 0.407. The van der Waals surface area contributed by atoms with Gasteiger partial charge < -0.3 is 34.6 Å². The molecule has 4 heterocycles. The van der Waals surface area contributed by atoms with Crippen molar-refractivity contribution in [1.82, 2.24) is 20.4 Å². The van der Waals surface area contributed by atoms with Crippen LogP contribution in [0.15, 0.2) is 108 Å². The largest absolute Gasteiger partial charge is 0.466 e. The number of carbonyl (C=O) groups is 7. The highest BCUT2D eigenvalue weighted by molar-refractivity contribution is 6.07. The number of hydrogen-bond acceptors (Lipinski definition) is 11. The molecule has 3 N–H and O–H groups in total. The van der Waals surface area contributed by atoms with E-state index in [4.69, 9.17) is 19.2 Å². The molecule has 6 amide bonds. The molecule has 4 aliphatic rings. The van der Waals surface area contributed by atoms with E-state index < -0.39 is 23.6 Å². The number of fused-ring (bicyclic) bond motifs is 4. The number of carbonyl (C=O) groups excluding carboxylic acids is 7. The lowest BCUT2D eigenvalue weighted by atomic mass is 9.81. The van der Waals surface area contributed by atoms with E-state index in [0.29, 0.717) is 42.0 Å². The Morgan fingerprint density at radius 1 is 0.757 bits per heavy atom. The van der Waals surface area contributed by atoms with E-state index in [-0.39, 0.29) is 107 Å². The third kappa shape index (κ3) is 12.0. The number of benzene rings is 4. The molecule has 1 saturated heterocycles. The first-order chi connectivity index (χ1) is 34.1. The smallest absolute Gasteiger partial charge is 0.256 e. The van der Waals surface area contributed by atoms with Crippen molar-refractivity contribution in [1.29, 1.82) is 0 Å². The molecule has 366 valence electrons. The topological polar surface area (TPSA) is 202 Å². The number of unbranched alkanes of at least 4 members (excludes halogenated alkanes) is 5. The van der Waals surface area contributed by atoms with Crippen LogP contribution < -0.4 is 16.0 Å². The molecule has 1 unspecified atom stereocenters. The van der Waals surface area contributed by atoms with Crippen LogP contribution in [0.5, 0.6) is 0 Å². The molecule has 16 nitrogen and oxygen atoms in total. The molecular formula is C54H60N6O10. The number of nitrogens with one attached hydrogen (secondary N) is 3. The summed E-state index contributed by atoms with van der Waals surface area (Å²) in [6.07, 6.45) is 5.91. The van der Waals surface area contributed by atoms with Crippen LogP contribution in [-0.2, 0) is 62.5 Å². The van der Waals surface area contributed by atoms with Crippen LogP contribution >= 0.6 is 0 Å². The van der Waals surface area contributed by atoms with E-state index in [9.17, 15) is 33.6 Å². The maximum Gasteiger partial charge on any atom is 0.256 e. The number of amides is 6. The van der Waals surface area contributed by atoms with Gasteiger partial charge in [0.25, 0.3) is 11.8 Å². The Labute approximate surface area is 407 Å². The first-order valence-electron chi connectivity index (χ1n) is 24.3. The predicted octanol–water partition coefficient (Wildman–Crippen LogP) is 5.77. The van der Waals surface area contributed by atoms with Gasteiger partial charge in [-0.2, -0.15) is 0 Å². The molecule has 8 rings (SSSR count). The number of piperidine rings is 1. The summed E-state index contributed by atoms with van der Waals surface area (Å²) >= 11 is 0. The molecule has 0 aliphatic carbocycles. The minimum absolute atomic E-state index is 0.00445. The van der Waals surface area contributed by atoms with E-state index in [2.05, 4.69) is 16.0 Å². The van der Waals surface area contributed by atoms with Gasteiger partial charge in [0.2, 0.25) is 29.5 Å². The molecule has 4 aromatic carbocycles. The SMILES string of the molecule is O=C(CCCCCCCCC(=O)Nc1cccc2c1CN(C1CCC(=O)NC1=O)C2=O)COCCOCCNC(=O)CN1Cc2ccccc2[C@@H]2OC(c3ccccc3)=N[C@]2(Cc2ccccc2)C1=O. The van der Waals surface area contributed by atoms with Crippen molar-refractivity contribution in [3.8, 4) is 0 Å². The number of anilines is 1. The van der Waals surface area contributed by atoms with E-state index >= 15 is 0 Å². The van der Waals surface area contributed by atoms with Crippen molar-refractivity contribution in [3.63, 3.8) is 0 Å². The third-order valence-corrected chi connectivity index (χ3v) is 13.2. The number of aliphatic imine (C=N–C) groups is 1. The zero-order valence-corrected chi connectivity index (χ0v) is 39.3. The second-order valence-corrected chi connectivity index (χ2v) is 18.2. The van der Waals surface area contributed by atoms with Crippen molar-refractivity contribution < 1.29 is 47.8 Å². The third-order valence-electron chi connectivity index (χ3n) is 13.2. The number of ether oxygens (including phenoxy) is 3. The lowest BCUT2D eigenvalue weighted by molar-refractivity contribution is -0.143. The Kier molecular flexibility index (Phi) is 16.6. The first kappa shape index (κ1) is 49.4. The van der Waals surface area contributed by atoms with Gasteiger partial charge in [-0.15, -0.1) is 0 Å². The van der Waals surface area contributed by atoms with Crippen molar-refractivity contribution in [3.05, 3.63) is 137 Å². The molecule has 4 aliphatic heterocycles. The molecule has 0 bridgehead atoms. The maximum absolute atomic E-state index is 14.8. The van der Waals surface area contributed by atoms with Crippen LogP contribution in [0.2, 0.25) is 0 Å². The number of hydrogen-bond donors (Lipinski definition) is 3. The second-order valence-electron chi connectivity index (χ2n) is 18.2. The minimum atomic E-state index is -1.33. The van der Waals surface area contributed by atoms with Crippen LogP contribution in [0, 0.1) is 0 Å². The predicted molar refractivity (Wildman–Crippen MR) is 259 cm³/mol. The average Bonchev–Trinajstić information content (AvgIpc) is 3.89. The Hall–Kier alpha value is -7.04. The van der Waals surface area contributed by atoms with Crippen molar-refractivity contribution in [2.24, 2.45) is 4.99 Å². The highest BCUT2D eigenvalue weighted by Gasteiger charge is 2.57. The van der Waals surface area contributed by atoms with Gasteiger partial charge in [-0.05, 0) is 54.7 Å². The number of ketones is 1. The Morgan fingerprint density at radius 3 is 2.26 bits per heavy atom. The molecular weight excluding hydrogens is 893 g/mol. The molecule has 0 aromatic heterocycles. The van der Waals surface area contributed by atoms with Crippen LogP contribution in [0.3, 0.4) is 0 Å². The molecule has 70 heavy (non-hydrogen) atoms. The van der Waals surface area contributed by atoms with Gasteiger partial charge in [0.05, 0.1) is 26.4 Å². The maximum atomic E-state index is 14.8. The lowest BCUT2D eigenvalue weighted by Crippen LogP contribution is -2.52. The van der Waals surface area contributed by atoms with Crippen molar-refractivity contribution in [2.45, 2.75) is 101 Å². The number of rotatable bonds is 24. The summed E-state index contributed by atoms with van der Waals surface area (Å²) in [5.74, 6) is -1.45. The normalized spacial score (nSPS) is 19.3. The standard InChI is InChI=1S/C54H60N6O10/c61-40(21-11-3-1-2-4-12-25-46(62)56-44-24-15-23-42-43(44)34-60(52(42)66)45-26-27-47(63)57-50(45)65)36-69-31-30-68-29-28-55-48(64)35-59-33-39-20-13-14-22-41(39)49-54(53(59)67,32-37-16-7-5-8-17-37)58-51(70-49)38-18-9-6-10-19-38/h5-10,13-20,22-24,45,49H,1-4,11-12,21,25-36H2,(H,55,64)(H,56,62)(H,57,63,65)/t45?,49-,54-/m0/s1. The zero-order valence-electron chi connectivity index (χ0n) is 39.3. The fourth-order valence-electron chi connectivity index (χ4n) is 9.60. The van der Waals surface area contributed by atoms with Gasteiger partial charge in [-0.3, -0.25) is 38.9 Å². The van der Waals surface area contributed by atoms with E-state index in [0.717, 1.165) is 54.4 Å². The average molecular weight is 953 g/mol. The van der Waals surface area contributed by atoms with Gasteiger partial charge in [0.15, 0.2) is 17.4 Å². The summed E-state index contributed by atoms with van der Waals surface area (Å²) in [5, 5.41) is 8.12. The Balaban J connectivity index is 0.680. The monoisotopic (exact) mass is 952 g/mol. The summed E-state index contributed by atoms with van der Waals surface area (Å²) in [6.45, 7) is 1.20. The highest BCUT2D eigenvalue weighted by Crippen LogP contribution is 2.46. The van der Waals surface area contributed by atoms with E-state index in [1.165, 1.54) is 4.90 Å². The molecule has 4 aromatic rings. The van der Waals surface area contributed by atoms with Gasteiger partial charge >= 0.3 is 0 Å². The molecule has 3 atom stereocenters. The van der Waals surface area contributed by atoms with E-state index in [1.807, 2.05) is 84.9 Å². The fourth-order valence-corrected chi connectivity index (χ4v) is 9.60. The summed E-state index contributed by atoms with van der Waals surface area (Å²) < 4.78 is 17.8. The molecule has 1 fully saturated rings. The summed E-state index contributed by atoms with van der Waals surface area (Å²) in [7, 11) is 0. The first-order valence-corrected chi connectivity index (χ1v) is 24.3. The van der Waals surface area contributed by atoms with Gasteiger partial charge in [0.1, 0.15) is 12.6 Å². The summed E-state index contributed by atoms with van der Waals surface area (Å²) in [6, 6.07) is 31.5. The number of imide groups is 1. The Bertz CT molecular complexity index is 2590. The molecule has 0 saturated carbocycles. The van der Waals surface area contributed by atoms with E-state index in [1.54, 1.807) is 23.1 Å². The summed E-state index contributed by atoms with van der Waals surface area (Å²) in [5.41, 5.74) is 3.80. The zero-order chi connectivity index (χ0) is 48.9. The number of Topliss-reactive ketones (excluding diaryl/α,β-unsaturated/α-hetero) is 1. The lowest BCUT2D eigenvalue weighted by Gasteiger charge is -2.32. The van der Waals surface area contributed by atoms with Crippen LogP contribution in [-0.4, -0.2) is 108 Å². The van der Waals surface area contributed by atoms with Crippen LogP contribution in [0.1, 0.15) is 108 Å². The Morgan fingerprint density at radius 2 is 1.47 bits per heavy atom. The summed E-state index contributed by atoms with van der Waals surface area (Å²) in [4.78, 5) is 98.5. The van der Waals surface area contributed by atoms with Gasteiger partial charge in [-0.1, -0.05) is 105 Å². The van der Waals surface area contributed by atoms with Crippen LogP contribution in [0.4, 0.5) is 5.69 Å². The van der Waals surface area contributed by atoms with Crippen molar-refractivity contribution >= 4 is 52.8 Å². The van der Waals surface area contributed by atoms with Gasteiger partial charge in [-0.25, -0.2) is 4.99 Å². The molecule has 0 radical (unpaired) electrons. The second kappa shape index (κ2) is 23.5. The molecule has 0 spiro atoms. The minimum Gasteiger partial charge on any atom is -0.466 e.